The van der Waals surface area contributed by atoms with E-state index in [2.05, 4.69) is 10.3 Å². The van der Waals surface area contributed by atoms with Gasteiger partial charge in [-0.3, -0.25) is 4.57 Å². The summed E-state index contributed by atoms with van der Waals surface area (Å²) in [4.78, 5) is 4.05. The van der Waals surface area contributed by atoms with E-state index in [-0.39, 0.29) is 5.82 Å². The molecule has 1 aliphatic rings. The molecule has 2 aromatic rings. The van der Waals surface area contributed by atoms with E-state index in [1.807, 2.05) is 10.6 Å². The zero-order valence-corrected chi connectivity index (χ0v) is 8.07. The monoisotopic (exact) mass is 203 g/mol. The third kappa shape index (κ3) is 1.21. The Labute approximate surface area is 86.6 Å². The average molecular weight is 203 g/mol. The average Bonchev–Trinajstić information content (AvgIpc) is 2.60. The predicted molar refractivity (Wildman–Crippen MR) is 55.7 cm³/mol. The second kappa shape index (κ2) is 3.08. The summed E-state index contributed by atoms with van der Waals surface area (Å²) in [5.74, 6) is -0.221. The fourth-order valence-corrected chi connectivity index (χ4v) is 1.94. The molecule has 2 heterocycles. The van der Waals surface area contributed by atoms with Gasteiger partial charge in [0.15, 0.2) is 0 Å². The Bertz CT molecular complexity index is 504. The van der Waals surface area contributed by atoms with E-state index >= 15 is 0 Å². The molecule has 0 atom stereocenters. The van der Waals surface area contributed by atoms with Crippen LogP contribution >= 0.6 is 0 Å². The molecule has 0 fully saturated rings. The van der Waals surface area contributed by atoms with Gasteiger partial charge in [-0.25, -0.2) is 9.37 Å². The molecular formula is C11H10FN3. The summed E-state index contributed by atoms with van der Waals surface area (Å²) < 4.78 is 15.5. The van der Waals surface area contributed by atoms with E-state index in [0.29, 0.717) is 5.69 Å². The van der Waals surface area contributed by atoms with Crippen LogP contribution in [0, 0.1) is 5.82 Å². The molecule has 0 spiro atoms. The number of fused-ring (bicyclic) bond motifs is 3. The Balaban J connectivity index is 2.32. The van der Waals surface area contributed by atoms with E-state index in [1.54, 1.807) is 18.6 Å². The molecule has 0 saturated carbocycles. The molecule has 0 unspecified atom stereocenters. The largest absolute Gasteiger partial charge is 0.383 e. The minimum Gasteiger partial charge on any atom is -0.383 e. The van der Waals surface area contributed by atoms with Crippen molar-refractivity contribution in [3.05, 3.63) is 42.2 Å². The highest BCUT2D eigenvalue weighted by Gasteiger charge is 2.16. The van der Waals surface area contributed by atoms with Crippen LogP contribution < -0.4 is 5.32 Å². The van der Waals surface area contributed by atoms with Gasteiger partial charge in [0.2, 0.25) is 0 Å². The number of halogens is 1. The van der Waals surface area contributed by atoms with Gasteiger partial charge in [-0.2, -0.15) is 0 Å². The number of imidazole rings is 1. The molecule has 0 radical (unpaired) electrons. The van der Waals surface area contributed by atoms with Crippen molar-refractivity contribution in [2.75, 3.05) is 11.9 Å². The minimum absolute atomic E-state index is 0.221. The van der Waals surface area contributed by atoms with Gasteiger partial charge in [-0.1, -0.05) is 6.07 Å². The van der Waals surface area contributed by atoms with Crippen LogP contribution in [0.25, 0.3) is 5.69 Å². The third-order valence-corrected chi connectivity index (χ3v) is 2.64. The molecule has 0 amide bonds. The molecule has 3 rings (SSSR count). The van der Waals surface area contributed by atoms with Crippen LogP contribution in [0.3, 0.4) is 0 Å². The minimum atomic E-state index is -0.221. The SMILES string of the molecule is Fc1cccc2c1-n1cncc1CCN2. The summed E-state index contributed by atoms with van der Waals surface area (Å²) in [5, 5.41) is 3.21. The topological polar surface area (TPSA) is 29.9 Å². The third-order valence-electron chi connectivity index (χ3n) is 2.64. The van der Waals surface area contributed by atoms with Crippen LogP contribution in [0.1, 0.15) is 5.69 Å². The maximum Gasteiger partial charge on any atom is 0.149 e. The highest BCUT2D eigenvalue weighted by molar-refractivity contribution is 5.63. The van der Waals surface area contributed by atoms with Crippen LogP contribution in [0.2, 0.25) is 0 Å². The van der Waals surface area contributed by atoms with Crippen LogP contribution in [0.4, 0.5) is 10.1 Å². The molecule has 76 valence electrons. The lowest BCUT2D eigenvalue weighted by atomic mass is 10.2. The number of anilines is 1. The summed E-state index contributed by atoms with van der Waals surface area (Å²) in [5.41, 5.74) is 2.43. The smallest absolute Gasteiger partial charge is 0.149 e. The van der Waals surface area contributed by atoms with Crippen molar-refractivity contribution in [3.63, 3.8) is 0 Å². The van der Waals surface area contributed by atoms with Gasteiger partial charge >= 0.3 is 0 Å². The summed E-state index contributed by atoms with van der Waals surface area (Å²) in [6.45, 7) is 0.808. The lowest BCUT2D eigenvalue weighted by molar-refractivity contribution is 0.618. The first kappa shape index (κ1) is 8.47. The van der Waals surface area contributed by atoms with Gasteiger partial charge in [-0.05, 0) is 12.1 Å². The summed E-state index contributed by atoms with van der Waals surface area (Å²) in [7, 11) is 0. The first-order valence-electron chi connectivity index (χ1n) is 4.90. The van der Waals surface area contributed by atoms with E-state index in [4.69, 9.17) is 0 Å². The Hall–Kier alpha value is -1.84. The maximum atomic E-state index is 13.7. The molecular weight excluding hydrogens is 193 g/mol. The predicted octanol–water partition coefficient (Wildman–Crippen LogP) is 1.98. The quantitative estimate of drug-likeness (QED) is 0.709. The number of benzene rings is 1. The van der Waals surface area contributed by atoms with Crippen LogP contribution in [0.15, 0.2) is 30.7 Å². The van der Waals surface area contributed by atoms with Crippen molar-refractivity contribution < 1.29 is 4.39 Å². The Morgan fingerprint density at radius 1 is 1.40 bits per heavy atom. The highest BCUT2D eigenvalue weighted by Crippen LogP contribution is 2.27. The standard InChI is InChI=1S/C11H10FN3/c12-9-2-1-3-10-11(9)15-7-13-6-8(15)4-5-14-10/h1-3,6-7,14H,4-5H2. The first-order chi connectivity index (χ1) is 7.36. The number of hydrogen-bond donors (Lipinski definition) is 1. The van der Waals surface area contributed by atoms with Crippen LogP contribution in [0.5, 0.6) is 0 Å². The second-order valence-corrected chi connectivity index (χ2v) is 3.57. The lowest BCUT2D eigenvalue weighted by Crippen LogP contribution is -2.02. The molecule has 1 N–H and O–H groups in total. The summed E-state index contributed by atoms with van der Waals surface area (Å²) in [6, 6.07) is 5.06. The molecule has 4 heteroatoms. The number of hydrogen-bond acceptors (Lipinski definition) is 2. The number of nitrogens with one attached hydrogen (secondary N) is 1. The van der Waals surface area contributed by atoms with E-state index in [0.717, 1.165) is 24.3 Å². The normalized spacial score (nSPS) is 13.7. The van der Waals surface area contributed by atoms with Crippen molar-refractivity contribution in [1.82, 2.24) is 9.55 Å². The fraction of sp³-hybridized carbons (Fsp3) is 0.182. The number of nitrogens with zero attached hydrogens (tertiary/aromatic N) is 2. The van der Waals surface area contributed by atoms with Gasteiger partial charge in [0.05, 0.1) is 12.0 Å². The van der Waals surface area contributed by atoms with Gasteiger partial charge in [0.25, 0.3) is 0 Å². The Morgan fingerprint density at radius 2 is 2.33 bits per heavy atom. The van der Waals surface area contributed by atoms with Gasteiger partial charge < -0.3 is 5.32 Å². The van der Waals surface area contributed by atoms with E-state index in [9.17, 15) is 4.39 Å². The second-order valence-electron chi connectivity index (χ2n) is 3.57. The lowest BCUT2D eigenvalue weighted by Gasteiger charge is -2.09. The van der Waals surface area contributed by atoms with E-state index in [1.165, 1.54) is 6.07 Å². The molecule has 1 aromatic heterocycles. The zero-order valence-electron chi connectivity index (χ0n) is 8.07. The number of aromatic nitrogens is 2. The highest BCUT2D eigenvalue weighted by atomic mass is 19.1. The molecule has 15 heavy (non-hydrogen) atoms. The van der Waals surface area contributed by atoms with Gasteiger partial charge in [0, 0.05) is 24.9 Å². The molecule has 0 bridgehead atoms. The molecule has 1 aromatic carbocycles. The Kier molecular flexibility index (Phi) is 1.74. The van der Waals surface area contributed by atoms with Crippen LogP contribution in [-0.2, 0) is 6.42 Å². The van der Waals surface area contributed by atoms with Crippen molar-refractivity contribution >= 4 is 5.69 Å². The fourth-order valence-electron chi connectivity index (χ4n) is 1.94. The Morgan fingerprint density at radius 3 is 3.27 bits per heavy atom. The number of rotatable bonds is 0. The van der Waals surface area contributed by atoms with Gasteiger partial charge in [-0.15, -0.1) is 0 Å². The van der Waals surface area contributed by atoms with E-state index < -0.39 is 0 Å². The van der Waals surface area contributed by atoms with Crippen LogP contribution in [-0.4, -0.2) is 16.1 Å². The molecule has 0 saturated heterocycles. The molecule has 1 aliphatic heterocycles. The summed E-state index contributed by atoms with van der Waals surface area (Å²) in [6.07, 6.45) is 4.29. The summed E-state index contributed by atoms with van der Waals surface area (Å²) >= 11 is 0. The van der Waals surface area contributed by atoms with Crippen molar-refractivity contribution in [1.29, 1.82) is 0 Å². The van der Waals surface area contributed by atoms with Crippen molar-refractivity contribution in [3.8, 4) is 5.69 Å². The van der Waals surface area contributed by atoms with Gasteiger partial charge in [0.1, 0.15) is 11.5 Å². The molecule has 3 nitrogen and oxygen atoms in total. The van der Waals surface area contributed by atoms with Crippen molar-refractivity contribution in [2.24, 2.45) is 0 Å². The maximum absolute atomic E-state index is 13.7. The van der Waals surface area contributed by atoms with Crippen molar-refractivity contribution in [2.45, 2.75) is 6.42 Å². The first-order valence-corrected chi connectivity index (χ1v) is 4.90. The molecule has 0 aliphatic carbocycles. The zero-order chi connectivity index (χ0) is 10.3. The number of para-hydroxylation sites is 1.